The second kappa shape index (κ2) is 4.46. The van der Waals surface area contributed by atoms with E-state index < -0.39 is 5.54 Å². The van der Waals surface area contributed by atoms with Crippen molar-refractivity contribution in [2.45, 2.75) is 26.3 Å². The molecule has 0 saturated carbocycles. The molecule has 5 heteroatoms. The first-order valence-electron chi connectivity index (χ1n) is 5.88. The number of hydrogen-bond acceptors (Lipinski definition) is 3. The van der Waals surface area contributed by atoms with Gasteiger partial charge in [0.2, 0.25) is 0 Å². The van der Waals surface area contributed by atoms with Gasteiger partial charge in [0.15, 0.2) is 0 Å². The topological polar surface area (TPSA) is 58.6 Å². The number of benzene rings is 1. The summed E-state index contributed by atoms with van der Waals surface area (Å²) in [6.07, 6.45) is 0. The Balaban J connectivity index is 2.73. The van der Waals surface area contributed by atoms with E-state index in [1.165, 1.54) is 7.11 Å². The fourth-order valence-corrected chi connectivity index (χ4v) is 2.53. The summed E-state index contributed by atoms with van der Waals surface area (Å²) in [5.41, 5.74) is 0.719. The number of halogens is 1. The summed E-state index contributed by atoms with van der Waals surface area (Å²) in [6.45, 7) is 5.33. The Morgan fingerprint density at radius 1 is 1.37 bits per heavy atom. The number of rotatable bonds is 2. The van der Waals surface area contributed by atoms with Gasteiger partial charge in [-0.15, -0.1) is 0 Å². The van der Waals surface area contributed by atoms with Gasteiger partial charge in [-0.1, -0.05) is 11.6 Å². The molecule has 0 atom stereocenters. The average Bonchev–Trinajstić information content (AvgIpc) is 2.49. The fourth-order valence-electron chi connectivity index (χ4n) is 2.17. The molecule has 0 aliphatic carbocycles. The van der Waals surface area contributed by atoms with Crippen LogP contribution in [-0.2, 0) is 4.79 Å². The van der Waals surface area contributed by atoms with E-state index in [0.717, 1.165) is 5.56 Å². The summed E-state index contributed by atoms with van der Waals surface area (Å²) < 4.78 is 5.27. The molecule has 0 fully saturated rings. The Bertz CT molecular complexity index is 591. The summed E-state index contributed by atoms with van der Waals surface area (Å²) >= 11 is 6.21. The van der Waals surface area contributed by atoms with Crippen LogP contribution in [0.3, 0.4) is 0 Å². The molecule has 4 nitrogen and oxygen atoms in total. The van der Waals surface area contributed by atoms with Crippen LogP contribution in [0.5, 0.6) is 5.75 Å². The lowest BCUT2D eigenvalue weighted by molar-refractivity contribution is -0.115. The van der Waals surface area contributed by atoms with E-state index in [4.69, 9.17) is 16.3 Å². The Hall–Kier alpha value is -1.68. The molecule has 2 N–H and O–H groups in total. The summed E-state index contributed by atoms with van der Waals surface area (Å²) in [4.78, 5) is 12.1. The number of aliphatic hydroxyl groups excluding tert-OH is 1. The van der Waals surface area contributed by atoms with Crippen molar-refractivity contribution in [1.82, 2.24) is 5.32 Å². The number of ether oxygens (including phenoxy) is 1. The number of aliphatic hydroxyl groups is 1. The molecular formula is C14H16ClNO3. The third-order valence-electron chi connectivity index (χ3n) is 3.15. The maximum Gasteiger partial charge on any atom is 0.256 e. The fraction of sp³-hybridized carbons (Fsp3) is 0.357. The van der Waals surface area contributed by atoms with Crippen molar-refractivity contribution >= 4 is 23.1 Å². The molecule has 1 amide bonds. The lowest BCUT2D eigenvalue weighted by Crippen LogP contribution is -2.38. The van der Waals surface area contributed by atoms with E-state index in [-0.39, 0.29) is 17.2 Å². The van der Waals surface area contributed by atoms with Crippen molar-refractivity contribution < 1.29 is 14.6 Å². The van der Waals surface area contributed by atoms with Crippen molar-refractivity contribution in [3.05, 3.63) is 34.0 Å². The third-order valence-corrected chi connectivity index (χ3v) is 3.45. The van der Waals surface area contributed by atoms with Crippen molar-refractivity contribution in [3.63, 3.8) is 0 Å². The third kappa shape index (κ3) is 2.16. The van der Waals surface area contributed by atoms with Crippen LogP contribution < -0.4 is 10.1 Å². The minimum Gasteiger partial charge on any atom is -0.509 e. The molecule has 0 spiro atoms. The van der Waals surface area contributed by atoms with Gasteiger partial charge in [-0.25, -0.2) is 0 Å². The highest BCUT2D eigenvalue weighted by Gasteiger charge is 2.40. The minimum absolute atomic E-state index is 0.0263. The van der Waals surface area contributed by atoms with Gasteiger partial charge < -0.3 is 15.2 Å². The second-order valence-electron chi connectivity index (χ2n) is 5.13. The van der Waals surface area contributed by atoms with Crippen molar-refractivity contribution in [1.29, 1.82) is 0 Å². The monoisotopic (exact) mass is 281 g/mol. The zero-order valence-electron chi connectivity index (χ0n) is 11.3. The quantitative estimate of drug-likeness (QED) is 0.876. The van der Waals surface area contributed by atoms with E-state index in [1.54, 1.807) is 26.0 Å². The zero-order chi connectivity index (χ0) is 14.4. The van der Waals surface area contributed by atoms with Crippen LogP contribution in [0.1, 0.15) is 25.0 Å². The lowest BCUT2D eigenvalue weighted by atomic mass is 9.98. The SMILES string of the molecule is COc1cc(C)cc(Cl)c1C1=C(O)C(C)(C)NC1=O. The van der Waals surface area contributed by atoms with E-state index >= 15 is 0 Å². The maximum absolute atomic E-state index is 12.1. The van der Waals surface area contributed by atoms with Gasteiger partial charge in [0, 0.05) is 0 Å². The second-order valence-corrected chi connectivity index (χ2v) is 5.53. The van der Waals surface area contributed by atoms with Crippen LogP contribution in [0.2, 0.25) is 5.02 Å². The van der Waals surface area contributed by atoms with Gasteiger partial charge in [-0.3, -0.25) is 4.79 Å². The Labute approximate surface area is 117 Å². The Kier molecular flexibility index (Phi) is 3.22. The Morgan fingerprint density at radius 2 is 2.00 bits per heavy atom. The molecule has 0 saturated heterocycles. The first-order chi connectivity index (χ1) is 8.77. The molecular weight excluding hydrogens is 266 g/mol. The number of carbonyl (C=O) groups is 1. The van der Waals surface area contributed by atoms with Crippen LogP contribution in [0, 0.1) is 6.92 Å². The standard InChI is InChI=1S/C14H16ClNO3/c1-7-5-8(15)10(9(6-7)19-4)11-12(17)14(2,3)16-13(11)18/h5-6,17H,1-4H3,(H,16,18). The van der Waals surface area contributed by atoms with Gasteiger partial charge >= 0.3 is 0 Å². The molecule has 102 valence electrons. The lowest BCUT2D eigenvalue weighted by Gasteiger charge is -2.17. The van der Waals surface area contributed by atoms with Gasteiger partial charge in [0.1, 0.15) is 11.5 Å². The van der Waals surface area contributed by atoms with Crippen molar-refractivity contribution in [2.75, 3.05) is 7.11 Å². The number of aryl methyl sites for hydroxylation is 1. The summed E-state index contributed by atoms with van der Waals surface area (Å²) in [7, 11) is 1.50. The number of methoxy groups -OCH3 is 1. The normalized spacial score (nSPS) is 17.6. The number of nitrogens with one attached hydrogen (secondary N) is 1. The predicted octanol–water partition coefficient (Wildman–Crippen LogP) is 2.83. The molecule has 0 unspecified atom stereocenters. The molecule has 0 radical (unpaired) electrons. The molecule has 1 aliphatic rings. The molecule has 1 aliphatic heterocycles. The van der Waals surface area contributed by atoms with Gasteiger partial charge in [0.05, 0.1) is 28.8 Å². The maximum atomic E-state index is 12.1. The molecule has 1 aromatic carbocycles. The van der Waals surface area contributed by atoms with E-state index in [2.05, 4.69) is 5.32 Å². The first-order valence-corrected chi connectivity index (χ1v) is 6.26. The van der Waals surface area contributed by atoms with E-state index in [0.29, 0.717) is 16.3 Å². The molecule has 19 heavy (non-hydrogen) atoms. The van der Waals surface area contributed by atoms with E-state index in [9.17, 15) is 9.90 Å². The van der Waals surface area contributed by atoms with Gasteiger partial charge in [0.25, 0.3) is 5.91 Å². The summed E-state index contributed by atoms with van der Waals surface area (Å²) in [5, 5.41) is 13.3. The molecule has 2 rings (SSSR count). The minimum atomic E-state index is -0.800. The van der Waals surface area contributed by atoms with Crippen LogP contribution >= 0.6 is 11.6 Å². The summed E-state index contributed by atoms with van der Waals surface area (Å²) in [5.74, 6) is 0.0903. The largest absolute Gasteiger partial charge is 0.509 e. The van der Waals surface area contributed by atoms with Crippen LogP contribution in [-0.4, -0.2) is 23.7 Å². The van der Waals surface area contributed by atoms with Crippen molar-refractivity contribution in [3.8, 4) is 5.75 Å². The van der Waals surface area contributed by atoms with Crippen LogP contribution in [0.15, 0.2) is 17.9 Å². The highest BCUT2D eigenvalue weighted by Crippen LogP contribution is 2.40. The number of carbonyl (C=O) groups excluding carboxylic acids is 1. The highest BCUT2D eigenvalue weighted by atomic mass is 35.5. The van der Waals surface area contributed by atoms with Crippen LogP contribution in [0.25, 0.3) is 5.57 Å². The summed E-state index contributed by atoms with van der Waals surface area (Å²) in [6, 6.07) is 3.51. The van der Waals surface area contributed by atoms with Gasteiger partial charge in [-0.05, 0) is 38.5 Å². The van der Waals surface area contributed by atoms with Gasteiger partial charge in [-0.2, -0.15) is 0 Å². The average molecular weight is 282 g/mol. The highest BCUT2D eigenvalue weighted by molar-refractivity contribution is 6.36. The molecule has 0 aromatic heterocycles. The zero-order valence-corrected chi connectivity index (χ0v) is 12.1. The number of amides is 1. The smallest absolute Gasteiger partial charge is 0.256 e. The van der Waals surface area contributed by atoms with E-state index in [1.807, 2.05) is 6.92 Å². The van der Waals surface area contributed by atoms with Crippen LogP contribution in [0.4, 0.5) is 0 Å². The molecule has 1 heterocycles. The predicted molar refractivity (Wildman–Crippen MR) is 74.5 cm³/mol. The molecule has 1 aromatic rings. The van der Waals surface area contributed by atoms with Crippen molar-refractivity contribution in [2.24, 2.45) is 0 Å². The first kappa shape index (κ1) is 13.7. The number of hydrogen-bond donors (Lipinski definition) is 2. The molecule has 0 bridgehead atoms. The Morgan fingerprint density at radius 3 is 2.47 bits per heavy atom.